The van der Waals surface area contributed by atoms with Crippen LogP contribution in [0.25, 0.3) is 0 Å². The maximum absolute atomic E-state index is 11.7. The molecule has 0 bridgehead atoms. The Bertz CT molecular complexity index is 724. The minimum atomic E-state index is -1.17. The summed E-state index contributed by atoms with van der Waals surface area (Å²) in [5, 5.41) is 19.6. The molecule has 2 fully saturated rings. The summed E-state index contributed by atoms with van der Waals surface area (Å²) >= 11 is 0. The molecule has 2 saturated carbocycles. The molecule has 2 aliphatic carbocycles. The number of rotatable bonds is 12. The molecule has 41 heavy (non-hydrogen) atoms. The summed E-state index contributed by atoms with van der Waals surface area (Å²) in [6, 6.07) is 0. The predicted molar refractivity (Wildman–Crippen MR) is 126 cm³/mol. The van der Waals surface area contributed by atoms with Crippen molar-refractivity contribution in [3.05, 3.63) is 0 Å². The van der Waals surface area contributed by atoms with E-state index in [9.17, 15) is 29.4 Å². The van der Waals surface area contributed by atoms with Gasteiger partial charge in [0.05, 0.1) is 12.2 Å². The van der Waals surface area contributed by atoms with Crippen molar-refractivity contribution >= 4 is 24.6 Å². The SMILES string of the molecule is CC(OC(=O)OCCOC(=O)OC1CCCCC1O)OC(C)OC(=O)OCCOC(=O)OC1CCCCC1O.[Y].[Y]. The van der Waals surface area contributed by atoms with Crippen molar-refractivity contribution in [2.24, 2.45) is 0 Å². The Balaban J connectivity index is 0.00000800. The molecule has 0 spiro atoms. The zero-order chi connectivity index (χ0) is 28.6. The second-order valence-corrected chi connectivity index (χ2v) is 8.92. The molecule has 0 amide bonds. The first kappa shape index (κ1) is 40.2. The van der Waals surface area contributed by atoms with Crippen LogP contribution in [0.4, 0.5) is 19.2 Å². The average molecular weight is 744 g/mol. The maximum Gasteiger partial charge on any atom is 0.510 e. The smallest absolute Gasteiger partial charge is 0.431 e. The minimum absolute atomic E-state index is 0. The van der Waals surface area contributed by atoms with Gasteiger partial charge in [-0.3, -0.25) is 0 Å². The first-order chi connectivity index (χ1) is 18.6. The number of carbonyl (C=O) groups is 4. The van der Waals surface area contributed by atoms with E-state index in [4.69, 9.17) is 42.6 Å². The van der Waals surface area contributed by atoms with E-state index in [1.165, 1.54) is 13.8 Å². The van der Waals surface area contributed by atoms with E-state index in [1.807, 2.05) is 0 Å². The molecule has 0 aromatic heterocycles. The second-order valence-electron chi connectivity index (χ2n) is 8.92. The summed E-state index contributed by atoms with van der Waals surface area (Å²) < 4.78 is 44.0. The van der Waals surface area contributed by atoms with Crippen LogP contribution in [0, 0.1) is 0 Å². The van der Waals surface area contributed by atoms with Gasteiger partial charge in [0.1, 0.15) is 38.6 Å². The molecule has 0 saturated heterocycles. The number of hydrogen-bond acceptors (Lipinski definition) is 15. The van der Waals surface area contributed by atoms with Crippen molar-refractivity contribution in [1.29, 1.82) is 0 Å². The minimum Gasteiger partial charge on any atom is -0.431 e. The van der Waals surface area contributed by atoms with E-state index in [2.05, 4.69) is 0 Å². The Labute approximate surface area is 288 Å². The fraction of sp³-hybridized carbons (Fsp3) is 0.833. The summed E-state index contributed by atoms with van der Waals surface area (Å²) in [5.74, 6) is 0. The topological polar surface area (TPSA) is 192 Å². The number of aliphatic hydroxyl groups excluding tert-OH is 2. The molecule has 0 aromatic carbocycles. The van der Waals surface area contributed by atoms with Crippen molar-refractivity contribution in [3.8, 4) is 0 Å². The van der Waals surface area contributed by atoms with E-state index in [0.717, 1.165) is 25.7 Å². The van der Waals surface area contributed by atoms with Gasteiger partial charge in [0.15, 0.2) is 0 Å². The van der Waals surface area contributed by atoms with Gasteiger partial charge in [0.2, 0.25) is 12.6 Å². The van der Waals surface area contributed by atoms with Crippen LogP contribution < -0.4 is 0 Å². The van der Waals surface area contributed by atoms with E-state index in [-0.39, 0.29) is 91.8 Å². The normalized spacial score (nSPS) is 23.1. The Morgan fingerprint density at radius 2 is 0.902 bits per heavy atom. The van der Waals surface area contributed by atoms with Gasteiger partial charge in [-0.15, -0.1) is 0 Å². The van der Waals surface area contributed by atoms with Gasteiger partial charge in [-0.2, -0.15) is 0 Å². The zero-order valence-electron chi connectivity index (χ0n) is 23.3. The number of aliphatic hydroxyl groups is 2. The first-order valence-corrected chi connectivity index (χ1v) is 13.0. The third kappa shape index (κ3) is 17.8. The van der Waals surface area contributed by atoms with Crippen LogP contribution in [0.5, 0.6) is 0 Å². The van der Waals surface area contributed by atoms with Gasteiger partial charge in [-0.1, -0.05) is 12.8 Å². The van der Waals surface area contributed by atoms with Crippen LogP contribution in [-0.4, -0.2) is 98.3 Å². The molecule has 17 heteroatoms. The fourth-order valence-electron chi connectivity index (χ4n) is 3.91. The van der Waals surface area contributed by atoms with E-state index < -0.39 is 61.6 Å². The molecule has 2 rings (SSSR count). The van der Waals surface area contributed by atoms with Crippen LogP contribution in [0.15, 0.2) is 0 Å². The number of carbonyl (C=O) groups excluding carboxylic acids is 4. The molecule has 2 radical (unpaired) electrons. The number of hydrogen-bond donors (Lipinski definition) is 2. The summed E-state index contributed by atoms with van der Waals surface area (Å²) in [7, 11) is 0. The van der Waals surface area contributed by atoms with Crippen LogP contribution in [0.1, 0.15) is 65.2 Å². The maximum atomic E-state index is 11.7. The standard InChI is InChI=1S/C24H38O15.2Y/c1-15(36-21(27)31-11-13-33-23(29)38-19-9-5-3-7-17(19)25)35-16(2)37-22(28)32-12-14-34-24(30)39-20-10-6-4-8-18(20)26;;/h15-20,25-26H,3-14H2,1-2H3;;. The van der Waals surface area contributed by atoms with Crippen molar-refractivity contribution in [2.75, 3.05) is 26.4 Å². The van der Waals surface area contributed by atoms with E-state index in [0.29, 0.717) is 25.7 Å². The third-order valence-corrected chi connectivity index (χ3v) is 5.78. The average Bonchev–Trinajstić information content (AvgIpc) is 2.87. The van der Waals surface area contributed by atoms with Crippen LogP contribution >= 0.6 is 0 Å². The Morgan fingerprint density at radius 1 is 0.585 bits per heavy atom. The van der Waals surface area contributed by atoms with Crippen LogP contribution in [0.3, 0.4) is 0 Å². The van der Waals surface area contributed by atoms with Crippen LogP contribution in [0.2, 0.25) is 0 Å². The molecule has 0 aromatic rings. The van der Waals surface area contributed by atoms with Crippen LogP contribution in [-0.2, 0) is 108 Å². The van der Waals surface area contributed by atoms with Gasteiger partial charge in [-0.05, 0) is 52.4 Å². The summed E-state index contributed by atoms with van der Waals surface area (Å²) in [6.45, 7) is 1.48. The van der Waals surface area contributed by atoms with Crippen molar-refractivity contribution < 1.29 is 137 Å². The molecular formula is C24H38O15Y2. The van der Waals surface area contributed by atoms with E-state index in [1.54, 1.807) is 0 Å². The molecule has 0 heterocycles. The van der Waals surface area contributed by atoms with E-state index >= 15 is 0 Å². The van der Waals surface area contributed by atoms with Crippen molar-refractivity contribution in [1.82, 2.24) is 0 Å². The second kappa shape index (κ2) is 22.7. The Hall–Kier alpha value is -0.832. The van der Waals surface area contributed by atoms with Gasteiger partial charge in [-0.25, -0.2) is 19.2 Å². The third-order valence-electron chi connectivity index (χ3n) is 5.78. The largest absolute Gasteiger partial charge is 0.510 e. The van der Waals surface area contributed by atoms with Gasteiger partial charge < -0.3 is 52.8 Å². The molecule has 15 nitrogen and oxygen atoms in total. The molecule has 6 unspecified atom stereocenters. The van der Waals surface area contributed by atoms with Gasteiger partial charge in [0, 0.05) is 65.4 Å². The van der Waals surface area contributed by atoms with Crippen molar-refractivity contribution in [3.63, 3.8) is 0 Å². The fourth-order valence-corrected chi connectivity index (χ4v) is 3.91. The Kier molecular flexibility index (Phi) is 22.2. The summed E-state index contributed by atoms with van der Waals surface area (Å²) in [4.78, 5) is 46.7. The van der Waals surface area contributed by atoms with Crippen molar-refractivity contribution in [2.45, 2.75) is 102 Å². The first-order valence-electron chi connectivity index (χ1n) is 13.0. The molecule has 2 N–H and O–H groups in total. The summed E-state index contributed by atoms with van der Waals surface area (Å²) in [6.07, 6.45) is -3.59. The number of ether oxygens (including phenoxy) is 9. The molecule has 230 valence electrons. The molecule has 2 aliphatic rings. The van der Waals surface area contributed by atoms with Gasteiger partial charge in [0.25, 0.3) is 0 Å². The Morgan fingerprint density at radius 3 is 1.24 bits per heavy atom. The molecular weight excluding hydrogens is 706 g/mol. The predicted octanol–water partition coefficient (Wildman–Crippen LogP) is 2.91. The quantitative estimate of drug-likeness (QED) is 0.128. The summed E-state index contributed by atoms with van der Waals surface area (Å²) in [5.41, 5.74) is 0. The molecule has 6 atom stereocenters. The zero-order valence-corrected chi connectivity index (χ0v) is 29.0. The monoisotopic (exact) mass is 744 g/mol. The van der Waals surface area contributed by atoms with Gasteiger partial charge >= 0.3 is 24.6 Å². The molecule has 0 aliphatic heterocycles.